The summed E-state index contributed by atoms with van der Waals surface area (Å²) < 4.78 is 0. The van der Waals surface area contributed by atoms with Crippen LogP contribution in [0.25, 0.3) is 0 Å². The number of nitrogens with two attached hydrogens (primary N) is 1. The van der Waals surface area contributed by atoms with Gasteiger partial charge in [-0.05, 0) is 11.8 Å². The number of primary amides is 1. The van der Waals surface area contributed by atoms with E-state index < -0.39 is 11.6 Å². The summed E-state index contributed by atoms with van der Waals surface area (Å²) in [6, 6.07) is -0.854. The third-order valence-corrected chi connectivity index (χ3v) is 3.01. The van der Waals surface area contributed by atoms with E-state index >= 15 is 0 Å². The van der Waals surface area contributed by atoms with Gasteiger partial charge >= 0.3 is 6.03 Å². The molecule has 0 aromatic heterocycles. The SMILES string of the molecule is CC(C)(C)C1(CN(O)C(N)=O)CCON1. The van der Waals surface area contributed by atoms with E-state index in [1.54, 1.807) is 0 Å². The second kappa shape index (κ2) is 3.96. The monoisotopic (exact) mass is 217 g/mol. The molecule has 0 bridgehead atoms. The standard InChI is InChI=1S/C9H19N3O3/c1-8(2,3)9(4-5-15-11-9)6-12(14)7(10)13/h11,14H,4-6H2,1-3H3,(H2,10,13). The Balaban J connectivity index is 2.79. The fourth-order valence-corrected chi connectivity index (χ4v) is 1.68. The summed E-state index contributed by atoms with van der Waals surface area (Å²) in [5, 5.41) is 9.90. The van der Waals surface area contributed by atoms with Crippen LogP contribution >= 0.6 is 0 Å². The lowest BCUT2D eigenvalue weighted by atomic mass is 9.72. The van der Waals surface area contributed by atoms with Crippen LogP contribution in [0.5, 0.6) is 0 Å². The molecule has 0 spiro atoms. The molecule has 0 aromatic carbocycles. The Hall–Kier alpha value is -0.850. The second-order valence-electron chi connectivity index (χ2n) is 4.93. The van der Waals surface area contributed by atoms with Gasteiger partial charge in [0.25, 0.3) is 0 Å². The molecular weight excluding hydrogens is 198 g/mol. The summed E-state index contributed by atoms with van der Waals surface area (Å²) in [6.07, 6.45) is 0.723. The zero-order valence-electron chi connectivity index (χ0n) is 9.41. The first kappa shape index (κ1) is 12.2. The average molecular weight is 217 g/mol. The number of carbonyl (C=O) groups is 1. The molecule has 4 N–H and O–H groups in total. The molecule has 1 unspecified atom stereocenters. The smallest absolute Gasteiger partial charge is 0.338 e. The molecule has 1 fully saturated rings. The molecule has 88 valence electrons. The van der Waals surface area contributed by atoms with Crippen molar-refractivity contribution in [1.82, 2.24) is 10.5 Å². The highest BCUT2D eigenvalue weighted by Crippen LogP contribution is 2.36. The Morgan fingerprint density at radius 3 is 2.60 bits per heavy atom. The Morgan fingerprint density at radius 2 is 2.27 bits per heavy atom. The average Bonchev–Trinajstić information content (AvgIpc) is 2.52. The summed E-state index contributed by atoms with van der Waals surface area (Å²) in [5.74, 6) is 0. The molecule has 1 heterocycles. The van der Waals surface area contributed by atoms with Crippen LogP contribution < -0.4 is 11.2 Å². The van der Waals surface area contributed by atoms with Crippen LogP contribution in [0.3, 0.4) is 0 Å². The molecule has 2 amide bonds. The van der Waals surface area contributed by atoms with Gasteiger partial charge < -0.3 is 10.6 Å². The summed E-state index contributed by atoms with van der Waals surface area (Å²) >= 11 is 0. The van der Waals surface area contributed by atoms with E-state index in [-0.39, 0.29) is 12.0 Å². The van der Waals surface area contributed by atoms with E-state index in [2.05, 4.69) is 5.48 Å². The zero-order valence-corrected chi connectivity index (χ0v) is 9.41. The number of hydrogen-bond acceptors (Lipinski definition) is 4. The first-order valence-electron chi connectivity index (χ1n) is 4.93. The number of nitrogens with one attached hydrogen (secondary N) is 1. The first-order chi connectivity index (χ1) is 6.78. The van der Waals surface area contributed by atoms with Gasteiger partial charge in [0.15, 0.2) is 0 Å². The van der Waals surface area contributed by atoms with Crippen molar-refractivity contribution < 1.29 is 14.8 Å². The molecular formula is C9H19N3O3. The van der Waals surface area contributed by atoms with Crippen molar-refractivity contribution in [2.75, 3.05) is 13.2 Å². The first-order valence-corrected chi connectivity index (χ1v) is 4.93. The van der Waals surface area contributed by atoms with Crippen LogP contribution in [0, 0.1) is 5.41 Å². The van der Waals surface area contributed by atoms with E-state index in [0.29, 0.717) is 11.7 Å². The quantitative estimate of drug-likeness (QED) is 0.463. The van der Waals surface area contributed by atoms with Gasteiger partial charge in [0, 0.05) is 0 Å². The van der Waals surface area contributed by atoms with Crippen LogP contribution in [-0.4, -0.2) is 35.0 Å². The summed E-state index contributed by atoms with van der Waals surface area (Å²) in [4.78, 5) is 15.9. The number of hydroxylamine groups is 3. The number of amides is 2. The van der Waals surface area contributed by atoms with Gasteiger partial charge in [-0.15, -0.1) is 0 Å². The van der Waals surface area contributed by atoms with Crippen molar-refractivity contribution in [3.05, 3.63) is 0 Å². The molecule has 6 heteroatoms. The van der Waals surface area contributed by atoms with Crippen molar-refractivity contribution in [3.63, 3.8) is 0 Å². The van der Waals surface area contributed by atoms with Gasteiger partial charge in [0.2, 0.25) is 0 Å². The van der Waals surface area contributed by atoms with Crippen molar-refractivity contribution in [3.8, 4) is 0 Å². The molecule has 15 heavy (non-hydrogen) atoms. The van der Waals surface area contributed by atoms with Gasteiger partial charge in [0.1, 0.15) is 0 Å². The zero-order chi connectivity index (χ0) is 11.7. The third kappa shape index (κ3) is 2.39. The number of carbonyl (C=O) groups excluding carboxylic acids is 1. The molecule has 6 nitrogen and oxygen atoms in total. The summed E-state index contributed by atoms with van der Waals surface area (Å²) in [5.41, 5.74) is 7.26. The van der Waals surface area contributed by atoms with Crippen molar-refractivity contribution in [2.24, 2.45) is 11.1 Å². The van der Waals surface area contributed by atoms with Crippen LogP contribution in [0.1, 0.15) is 27.2 Å². The molecule has 0 aromatic rings. The Bertz CT molecular complexity index is 243. The topological polar surface area (TPSA) is 87.8 Å². The fraction of sp³-hybridized carbons (Fsp3) is 0.889. The van der Waals surface area contributed by atoms with Crippen molar-refractivity contribution >= 4 is 6.03 Å². The number of urea groups is 1. The maximum Gasteiger partial charge on any atom is 0.338 e. The maximum atomic E-state index is 10.8. The van der Waals surface area contributed by atoms with E-state index in [0.717, 1.165) is 6.42 Å². The van der Waals surface area contributed by atoms with Crippen LogP contribution in [0.15, 0.2) is 0 Å². The normalized spacial score (nSPS) is 26.7. The predicted molar refractivity (Wildman–Crippen MR) is 54.0 cm³/mol. The van der Waals surface area contributed by atoms with E-state index in [1.165, 1.54) is 0 Å². The van der Waals surface area contributed by atoms with E-state index in [4.69, 9.17) is 10.6 Å². The lowest BCUT2D eigenvalue weighted by molar-refractivity contribution is -0.0889. The minimum Gasteiger partial charge on any atom is -0.350 e. The predicted octanol–water partition coefficient (Wildman–Crippen LogP) is 0.466. The molecule has 1 atom stereocenters. The summed E-state index contributed by atoms with van der Waals surface area (Å²) in [6.45, 7) is 6.73. The Kier molecular flexibility index (Phi) is 3.22. The van der Waals surface area contributed by atoms with E-state index in [1.807, 2.05) is 20.8 Å². The van der Waals surface area contributed by atoms with Crippen LogP contribution in [0.4, 0.5) is 4.79 Å². The molecule has 0 saturated carbocycles. The highest BCUT2D eigenvalue weighted by Gasteiger charge is 2.46. The minimum atomic E-state index is -0.854. The molecule has 0 radical (unpaired) electrons. The van der Waals surface area contributed by atoms with Crippen LogP contribution in [0.2, 0.25) is 0 Å². The maximum absolute atomic E-state index is 10.8. The second-order valence-corrected chi connectivity index (χ2v) is 4.93. The minimum absolute atomic E-state index is 0.117. The fourth-order valence-electron chi connectivity index (χ4n) is 1.68. The molecule has 1 aliphatic heterocycles. The number of hydrogen-bond donors (Lipinski definition) is 3. The van der Waals surface area contributed by atoms with Gasteiger partial charge in [0.05, 0.1) is 18.7 Å². The highest BCUT2D eigenvalue weighted by atomic mass is 16.7. The van der Waals surface area contributed by atoms with Gasteiger partial charge in [-0.25, -0.2) is 9.86 Å². The Morgan fingerprint density at radius 1 is 1.67 bits per heavy atom. The van der Waals surface area contributed by atoms with Gasteiger partial charge in [-0.1, -0.05) is 20.8 Å². The van der Waals surface area contributed by atoms with E-state index in [9.17, 15) is 10.0 Å². The number of rotatable bonds is 2. The molecule has 1 saturated heterocycles. The largest absolute Gasteiger partial charge is 0.350 e. The van der Waals surface area contributed by atoms with Crippen molar-refractivity contribution in [1.29, 1.82) is 0 Å². The molecule has 1 aliphatic rings. The molecule has 0 aliphatic carbocycles. The lowest BCUT2D eigenvalue weighted by Crippen LogP contribution is -2.58. The number of nitrogens with zero attached hydrogens (tertiary/aromatic N) is 1. The lowest BCUT2D eigenvalue weighted by Gasteiger charge is -2.41. The molecule has 1 rings (SSSR count). The van der Waals surface area contributed by atoms with Gasteiger partial charge in [-0.3, -0.25) is 5.21 Å². The summed E-state index contributed by atoms with van der Waals surface area (Å²) in [7, 11) is 0. The Labute approximate surface area is 89.3 Å². The highest BCUT2D eigenvalue weighted by molar-refractivity contribution is 5.70. The van der Waals surface area contributed by atoms with Crippen molar-refractivity contribution in [2.45, 2.75) is 32.7 Å². The van der Waals surface area contributed by atoms with Crippen LogP contribution in [-0.2, 0) is 4.84 Å². The van der Waals surface area contributed by atoms with Gasteiger partial charge in [-0.2, -0.15) is 5.48 Å². The third-order valence-electron chi connectivity index (χ3n) is 3.01.